The van der Waals surface area contributed by atoms with Crippen molar-refractivity contribution in [2.75, 3.05) is 7.11 Å². The lowest BCUT2D eigenvalue weighted by Crippen LogP contribution is -2.06. The van der Waals surface area contributed by atoms with Gasteiger partial charge in [0.15, 0.2) is 0 Å². The number of rotatable bonds is 3. The first-order valence-corrected chi connectivity index (χ1v) is 4.32. The number of hydrogen-bond acceptors (Lipinski definition) is 3. The molecule has 0 heterocycles. The molecule has 0 atom stereocenters. The fourth-order valence-corrected chi connectivity index (χ4v) is 1.17. The maximum Gasteiger partial charge on any atom is 0.480 e. The first-order chi connectivity index (χ1) is 6.63. The number of methoxy groups -OCH3 is 1. The highest BCUT2D eigenvalue weighted by Crippen LogP contribution is 2.17. The van der Waals surface area contributed by atoms with Gasteiger partial charge in [-0.25, -0.2) is 0 Å². The quantitative estimate of drug-likeness (QED) is 0.705. The summed E-state index contributed by atoms with van der Waals surface area (Å²) >= 11 is 0. The van der Waals surface area contributed by atoms with Crippen molar-refractivity contribution in [3.8, 4) is 5.75 Å². The standard InChI is InChI=1S/C10H13BO3/c1-8(7-11(12)13)9-3-5-10(14-2)6-4-9/h3-7,12-13H,1-2H3. The van der Waals surface area contributed by atoms with E-state index in [0.717, 1.165) is 16.9 Å². The van der Waals surface area contributed by atoms with E-state index in [1.54, 1.807) is 7.11 Å². The third-order valence-electron chi connectivity index (χ3n) is 1.94. The van der Waals surface area contributed by atoms with E-state index in [-0.39, 0.29) is 0 Å². The highest BCUT2D eigenvalue weighted by atomic mass is 16.5. The molecule has 0 spiro atoms. The predicted octanol–water partition coefficient (Wildman–Crippen LogP) is 1.11. The normalized spacial score (nSPS) is 11.3. The Morgan fingerprint density at radius 1 is 1.29 bits per heavy atom. The lowest BCUT2D eigenvalue weighted by molar-refractivity contribution is 0.415. The SMILES string of the molecule is COc1ccc(C(C)=CB(O)O)cc1. The molecular formula is C10H13BO3. The van der Waals surface area contributed by atoms with E-state index in [0.29, 0.717) is 0 Å². The van der Waals surface area contributed by atoms with Gasteiger partial charge in [-0.3, -0.25) is 0 Å². The van der Waals surface area contributed by atoms with Gasteiger partial charge in [0.25, 0.3) is 0 Å². The summed E-state index contributed by atoms with van der Waals surface area (Å²) < 4.78 is 5.01. The molecule has 0 fully saturated rings. The van der Waals surface area contributed by atoms with Gasteiger partial charge in [0.1, 0.15) is 5.75 Å². The third kappa shape index (κ3) is 2.90. The molecule has 2 N–H and O–H groups in total. The molecule has 14 heavy (non-hydrogen) atoms. The minimum Gasteiger partial charge on any atom is -0.497 e. The van der Waals surface area contributed by atoms with E-state index in [1.807, 2.05) is 31.2 Å². The summed E-state index contributed by atoms with van der Waals surface area (Å²) in [6.07, 6.45) is 0. The van der Waals surface area contributed by atoms with Gasteiger partial charge in [-0.15, -0.1) is 0 Å². The van der Waals surface area contributed by atoms with Gasteiger partial charge in [-0.2, -0.15) is 0 Å². The molecule has 0 aliphatic heterocycles. The molecule has 0 saturated heterocycles. The largest absolute Gasteiger partial charge is 0.497 e. The van der Waals surface area contributed by atoms with Crippen LogP contribution in [0.25, 0.3) is 5.57 Å². The summed E-state index contributed by atoms with van der Waals surface area (Å²) in [5.74, 6) is 2.16. The average Bonchev–Trinajstić information content (AvgIpc) is 2.17. The van der Waals surface area contributed by atoms with Crippen molar-refractivity contribution < 1.29 is 14.8 Å². The van der Waals surface area contributed by atoms with Crippen LogP contribution in [0.4, 0.5) is 0 Å². The molecule has 1 aromatic carbocycles. The van der Waals surface area contributed by atoms with Crippen molar-refractivity contribution >= 4 is 12.7 Å². The molecule has 3 nitrogen and oxygen atoms in total. The lowest BCUT2D eigenvalue weighted by atomic mass is 9.87. The molecule has 0 radical (unpaired) electrons. The van der Waals surface area contributed by atoms with E-state index in [9.17, 15) is 0 Å². The van der Waals surface area contributed by atoms with Crippen LogP contribution in [0.15, 0.2) is 30.2 Å². The molecule has 0 saturated carbocycles. The van der Waals surface area contributed by atoms with Crippen LogP contribution >= 0.6 is 0 Å². The van der Waals surface area contributed by atoms with E-state index < -0.39 is 7.12 Å². The predicted molar refractivity (Wildman–Crippen MR) is 56.8 cm³/mol. The van der Waals surface area contributed by atoms with Gasteiger partial charge in [-0.1, -0.05) is 23.7 Å². The maximum absolute atomic E-state index is 8.74. The summed E-state index contributed by atoms with van der Waals surface area (Å²) in [7, 11) is 0.201. The molecule has 74 valence electrons. The number of hydrogen-bond donors (Lipinski definition) is 2. The van der Waals surface area contributed by atoms with Gasteiger partial charge in [0.2, 0.25) is 0 Å². The molecule has 1 aromatic rings. The maximum atomic E-state index is 8.74. The minimum atomic E-state index is -1.41. The van der Waals surface area contributed by atoms with E-state index in [1.165, 1.54) is 5.98 Å². The van der Waals surface area contributed by atoms with Crippen LogP contribution in [0.1, 0.15) is 12.5 Å². The Balaban J connectivity index is 2.86. The number of allylic oxidation sites excluding steroid dienone is 1. The van der Waals surface area contributed by atoms with Crippen molar-refractivity contribution in [2.24, 2.45) is 0 Å². The van der Waals surface area contributed by atoms with Crippen LogP contribution < -0.4 is 4.74 Å². The molecule has 0 bridgehead atoms. The molecule has 0 aromatic heterocycles. The van der Waals surface area contributed by atoms with Gasteiger partial charge in [-0.05, 0) is 24.6 Å². The molecule has 1 rings (SSSR count). The second kappa shape index (κ2) is 4.84. The second-order valence-electron chi connectivity index (χ2n) is 2.99. The Hall–Kier alpha value is -1.26. The van der Waals surface area contributed by atoms with Gasteiger partial charge >= 0.3 is 7.12 Å². The summed E-state index contributed by atoms with van der Waals surface area (Å²) in [5, 5.41) is 17.5. The molecule has 0 unspecified atom stereocenters. The summed E-state index contributed by atoms with van der Waals surface area (Å²) in [5.41, 5.74) is 1.77. The summed E-state index contributed by atoms with van der Waals surface area (Å²) in [4.78, 5) is 0. The van der Waals surface area contributed by atoms with Crippen LogP contribution in [0, 0.1) is 0 Å². The monoisotopic (exact) mass is 192 g/mol. The van der Waals surface area contributed by atoms with Crippen LogP contribution in [0.5, 0.6) is 5.75 Å². The first-order valence-electron chi connectivity index (χ1n) is 4.32. The van der Waals surface area contributed by atoms with Gasteiger partial charge < -0.3 is 14.8 Å². The smallest absolute Gasteiger partial charge is 0.480 e. The highest BCUT2D eigenvalue weighted by Gasteiger charge is 2.03. The van der Waals surface area contributed by atoms with Crippen LogP contribution in [-0.4, -0.2) is 24.3 Å². The molecule has 0 aliphatic carbocycles. The van der Waals surface area contributed by atoms with Crippen molar-refractivity contribution in [2.45, 2.75) is 6.92 Å². The zero-order valence-electron chi connectivity index (χ0n) is 8.27. The summed E-state index contributed by atoms with van der Waals surface area (Å²) in [6, 6.07) is 7.40. The van der Waals surface area contributed by atoms with E-state index >= 15 is 0 Å². The van der Waals surface area contributed by atoms with E-state index in [4.69, 9.17) is 14.8 Å². The highest BCUT2D eigenvalue weighted by molar-refractivity contribution is 6.49. The Labute approximate surface area is 83.8 Å². The average molecular weight is 192 g/mol. The number of ether oxygens (including phenoxy) is 1. The number of benzene rings is 1. The second-order valence-corrected chi connectivity index (χ2v) is 2.99. The van der Waals surface area contributed by atoms with Crippen molar-refractivity contribution in [3.05, 3.63) is 35.8 Å². The Bertz CT molecular complexity index is 317. The van der Waals surface area contributed by atoms with Crippen LogP contribution in [0.3, 0.4) is 0 Å². The molecule has 0 aliphatic rings. The minimum absolute atomic E-state index is 0.783. The Morgan fingerprint density at radius 3 is 2.29 bits per heavy atom. The molecule has 4 heteroatoms. The third-order valence-corrected chi connectivity index (χ3v) is 1.94. The van der Waals surface area contributed by atoms with Crippen LogP contribution in [-0.2, 0) is 0 Å². The zero-order valence-corrected chi connectivity index (χ0v) is 8.27. The lowest BCUT2D eigenvalue weighted by Gasteiger charge is -2.03. The topological polar surface area (TPSA) is 49.7 Å². The zero-order chi connectivity index (χ0) is 10.6. The molecule has 0 amide bonds. The van der Waals surface area contributed by atoms with Gasteiger partial charge in [0.05, 0.1) is 7.11 Å². The fourth-order valence-electron chi connectivity index (χ4n) is 1.17. The first kappa shape index (κ1) is 10.8. The van der Waals surface area contributed by atoms with Crippen LogP contribution in [0.2, 0.25) is 0 Å². The van der Waals surface area contributed by atoms with Gasteiger partial charge in [0, 0.05) is 0 Å². The van der Waals surface area contributed by atoms with Crippen molar-refractivity contribution in [3.63, 3.8) is 0 Å². The fraction of sp³-hybridized carbons (Fsp3) is 0.200. The van der Waals surface area contributed by atoms with E-state index in [2.05, 4.69) is 0 Å². The Morgan fingerprint density at radius 2 is 1.86 bits per heavy atom. The summed E-state index contributed by atoms with van der Waals surface area (Å²) in [6.45, 7) is 1.82. The van der Waals surface area contributed by atoms with Crippen molar-refractivity contribution in [1.82, 2.24) is 0 Å². The Kier molecular flexibility index (Phi) is 3.74. The molecular weight excluding hydrogens is 179 g/mol. The van der Waals surface area contributed by atoms with Crippen molar-refractivity contribution in [1.29, 1.82) is 0 Å².